The van der Waals surface area contributed by atoms with E-state index in [-0.39, 0.29) is 5.54 Å². The molecule has 1 fully saturated rings. The van der Waals surface area contributed by atoms with Crippen molar-refractivity contribution in [2.45, 2.75) is 58.0 Å². The number of nitrogens with zero attached hydrogens (tertiary/aromatic N) is 2. The van der Waals surface area contributed by atoms with E-state index >= 15 is 0 Å². The Morgan fingerprint density at radius 2 is 1.88 bits per heavy atom. The molecule has 0 radical (unpaired) electrons. The van der Waals surface area contributed by atoms with E-state index in [0.29, 0.717) is 6.54 Å². The molecule has 24 heavy (non-hydrogen) atoms. The molecule has 2 aliphatic rings. The molecule has 1 aromatic carbocycles. The summed E-state index contributed by atoms with van der Waals surface area (Å²) in [6.07, 6.45) is 7.97. The molecule has 0 saturated heterocycles. The number of amidine groups is 1. The maximum Gasteiger partial charge on any atom is 0.127 e. The van der Waals surface area contributed by atoms with Gasteiger partial charge in [-0.2, -0.15) is 0 Å². The summed E-state index contributed by atoms with van der Waals surface area (Å²) in [5.74, 6) is 1.08. The number of aromatic nitrogens is 1. The summed E-state index contributed by atoms with van der Waals surface area (Å²) in [6.45, 7) is 4.66. The zero-order valence-corrected chi connectivity index (χ0v) is 15.3. The van der Waals surface area contributed by atoms with Crippen molar-refractivity contribution in [2.24, 2.45) is 4.99 Å². The minimum Gasteiger partial charge on any atom is -0.371 e. The molecular formula is C19H26N4S. The molecule has 1 saturated carbocycles. The van der Waals surface area contributed by atoms with Gasteiger partial charge in [-0.15, -0.1) is 11.3 Å². The van der Waals surface area contributed by atoms with Crippen LogP contribution in [0.4, 0.5) is 11.4 Å². The van der Waals surface area contributed by atoms with Crippen LogP contribution in [0.25, 0.3) is 0 Å². The average molecular weight is 343 g/mol. The molecule has 0 atom stereocenters. The first kappa shape index (κ1) is 17.0. The third kappa shape index (κ3) is 3.46. The Hall–Kier alpha value is -1.88. The fourth-order valence-electron chi connectivity index (χ4n) is 3.45. The molecule has 1 aliphatic heterocycles. The first-order valence-corrected chi connectivity index (χ1v) is 9.81. The molecule has 2 aromatic rings. The number of benzene rings is 1. The van der Waals surface area contributed by atoms with Crippen LogP contribution in [0, 0.1) is 0 Å². The van der Waals surface area contributed by atoms with E-state index in [2.05, 4.69) is 39.9 Å². The predicted octanol–water partition coefficient (Wildman–Crippen LogP) is 5.31. The van der Waals surface area contributed by atoms with Crippen molar-refractivity contribution in [1.82, 2.24) is 4.98 Å². The summed E-state index contributed by atoms with van der Waals surface area (Å²) in [5.41, 5.74) is 2.29. The second kappa shape index (κ2) is 7.79. The molecule has 5 heteroatoms. The van der Waals surface area contributed by atoms with Gasteiger partial charge in [0.15, 0.2) is 0 Å². The predicted molar refractivity (Wildman–Crippen MR) is 104 cm³/mol. The maximum absolute atomic E-state index is 4.89. The lowest BCUT2D eigenvalue weighted by Gasteiger charge is -2.44. The first-order chi connectivity index (χ1) is 11.9. The quantitative estimate of drug-likeness (QED) is 0.778. The highest BCUT2D eigenvalue weighted by Gasteiger charge is 2.40. The third-order valence-corrected chi connectivity index (χ3v) is 5.33. The molecular weight excluding hydrogens is 316 g/mol. The lowest BCUT2D eigenvalue weighted by Crippen LogP contribution is -2.53. The first-order valence-electron chi connectivity index (χ1n) is 8.93. The van der Waals surface area contributed by atoms with E-state index < -0.39 is 0 Å². The van der Waals surface area contributed by atoms with Crippen LogP contribution in [0.15, 0.2) is 40.8 Å². The Balaban J connectivity index is 0.000000815. The Morgan fingerprint density at radius 3 is 2.58 bits per heavy atom. The van der Waals surface area contributed by atoms with Gasteiger partial charge >= 0.3 is 0 Å². The molecule has 1 aliphatic carbocycles. The number of rotatable bonds is 2. The van der Waals surface area contributed by atoms with Gasteiger partial charge in [-0.1, -0.05) is 45.2 Å². The fourth-order valence-corrected chi connectivity index (χ4v) is 3.99. The Labute approximate surface area is 148 Å². The summed E-state index contributed by atoms with van der Waals surface area (Å²) in [5, 5.41) is 10.4. The number of anilines is 2. The monoisotopic (exact) mass is 342 g/mol. The van der Waals surface area contributed by atoms with Crippen molar-refractivity contribution in [3.8, 4) is 0 Å². The van der Waals surface area contributed by atoms with Gasteiger partial charge in [0.05, 0.1) is 23.5 Å². The van der Waals surface area contributed by atoms with Crippen LogP contribution < -0.4 is 10.6 Å². The van der Waals surface area contributed by atoms with Crippen LogP contribution in [0.2, 0.25) is 0 Å². The van der Waals surface area contributed by atoms with E-state index in [9.17, 15) is 0 Å². The Morgan fingerprint density at radius 1 is 1.12 bits per heavy atom. The van der Waals surface area contributed by atoms with E-state index in [1.165, 1.54) is 24.9 Å². The van der Waals surface area contributed by atoms with Crippen LogP contribution in [0.1, 0.15) is 51.0 Å². The van der Waals surface area contributed by atoms with Gasteiger partial charge < -0.3 is 10.6 Å². The zero-order chi connectivity index (χ0) is 16.8. The van der Waals surface area contributed by atoms with Gasteiger partial charge in [0, 0.05) is 11.6 Å². The zero-order valence-electron chi connectivity index (χ0n) is 14.5. The minimum atomic E-state index is -0.0239. The second-order valence-corrected chi connectivity index (χ2v) is 7.01. The largest absolute Gasteiger partial charge is 0.371 e. The van der Waals surface area contributed by atoms with Crippen molar-refractivity contribution < 1.29 is 0 Å². The summed E-state index contributed by atoms with van der Waals surface area (Å²) in [4.78, 5) is 9.23. The summed E-state index contributed by atoms with van der Waals surface area (Å²) in [6, 6.07) is 8.40. The highest BCUT2D eigenvalue weighted by Crippen LogP contribution is 2.39. The molecule has 4 rings (SSSR count). The van der Waals surface area contributed by atoms with Gasteiger partial charge in [-0.05, 0) is 25.0 Å². The van der Waals surface area contributed by atoms with Gasteiger partial charge in [-0.25, -0.2) is 4.98 Å². The molecule has 0 amide bonds. The van der Waals surface area contributed by atoms with Crippen molar-refractivity contribution in [3.05, 3.63) is 40.8 Å². The minimum absolute atomic E-state index is 0.0239. The highest BCUT2D eigenvalue weighted by atomic mass is 32.1. The van der Waals surface area contributed by atoms with Crippen LogP contribution >= 0.6 is 11.3 Å². The van der Waals surface area contributed by atoms with Crippen LogP contribution in [-0.4, -0.2) is 16.4 Å². The van der Waals surface area contributed by atoms with Crippen molar-refractivity contribution in [1.29, 1.82) is 0 Å². The molecule has 0 unspecified atom stereocenters. The van der Waals surface area contributed by atoms with Gasteiger partial charge in [-0.3, -0.25) is 4.99 Å². The van der Waals surface area contributed by atoms with Gasteiger partial charge in [0.25, 0.3) is 0 Å². The van der Waals surface area contributed by atoms with Crippen LogP contribution in [0.5, 0.6) is 0 Å². The standard InChI is InChI=1S/C17H20N4S.C2H6/c1-4-8-17(9-5-1)16(19-12-15-18-10-11-22-15)20-13-6-2-3-7-14(13)21-17;1-2/h2-3,6-7,10-11,21H,1,4-5,8-9,12H2,(H,19,20);1-2H3. The smallest absolute Gasteiger partial charge is 0.127 e. The van der Waals surface area contributed by atoms with E-state index in [1.807, 2.05) is 25.4 Å². The number of fused-ring (bicyclic) bond motifs is 1. The number of hydrogen-bond acceptors (Lipinski definition) is 4. The normalized spacial score (nSPS) is 19.7. The van der Waals surface area contributed by atoms with E-state index in [0.717, 1.165) is 29.4 Å². The number of aliphatic imine (C=N–C) groups is 1. The topological polar surface area (TPSA) is 49.3 Å². The molecule has 2 heterocycles. The lowest BCUT2D eigenvalue weighted by molar-refractivity contribution is 0.403. The number of para-hydroxylation sites is 2. The molecule has 0 bridgehead atoms. The van der Waals surface area contributed by atoms with Crippen molar-refractivity contribution in [3.63, 3.8) is 0 Å². The van der Waals surface area contributed by atoms with Gasteiger partial charge in [0.1, 0.15) is 10.8 Å². The SMILES string of the molecule is CC.c1ccc2c(c1)NC(=NCc1nccs1)C1(CCCCC1)N2. The third-order valence-electron chi connectivity index (χ3n) is 4.57. The fraction of sp³-hybridized carbons (Fsp3) is 0.474. The van der Waals surface area contributed by atoms with Crippen molar-refractivity contribution in [2.75, 3.05) is 10.6 Å². The summed E-state index contributed by atoms with van der Waals surface area (Å²) < 4.78 is 0. The molecule has 1 spiro atoms. The van der Waals surface area contributed by atoms with Crippen molar-refractivity contribution >= 4 is 28.5 Å². The Kier molecular flexibility index (Phi) is 5.51. The van der Waals surface area contributed by atoms with Crippen LogP contribution in [0.3, 0.4) is 0 Å². The summed E-state index contributed by atoms with van der Waals surface area (Å²) >= 11 is 1.67. The average Bonchev–Trinajstić information content (AvgIpc) is 3.16. The molecule has 4 nitrogen and oxygen atoms in total. The Bertz CT molecular complexity index is 672. The van der Waals surface area contributed by atoms with Crippen LogP contribution in [-0.2, 0) is 6.54 Å². The maximum atomic E-state index is 4.89. The number of nitrogens with one attached hydrogen (secondary N) is 2. The number of thiazole rings is 1. The second-order valence-electron chi connectivity index (χ2n) is 6.03. The van der Waals surface area contributed by atoms with Gasteiger partial charge in [0.2, 0.25) is 0 Å². The summed E-state index contributed by atoms with van der Waals surface area (Å²) in [7, 11) is 0. The lowest BCUT2D eigenvalue weighted by atomic mass is 9.79. The van der Waals surface area contributed by atoms with E-state index in [4.69, 9.17) is 4.99 Å². The highest BCUT2D eigenvalue weighted by molar-refractivity contribution is 7.09. The number of hydrogen-bond donors (Lipinski definition) is 2. The molecule has 1 aromatic heterocycles. The molecule has 128 valence electrons. The molecule has 2 N–H and O–H groups in total. The van der Waals surface area contributed by atoms with E-state index in [1.54, 1.807) is 11.3 Å².